The molecule has 106 valence electrons. The molecule has 0 amide bonds. The molecule has 20 heavy (non-hydrogen) atoms. The van der Waals surface area contributed by atoms with Gasteiger partial charge in [0.2, 0.25) is 0 Å². The quantitative estimate of drug-likeness (QED) is 0.926. The molecule has 1 atom stereocenters. The number of benzene rings is 2. The van der Waals surface area contributed by atoms with E-state index in [0.29, 0.717) is 11.3 Å². The molecule has 1 unspecified atom stereocenters. The van der Waals surface area contributed by atoms with E-state index in [4.69, 9.17) is 4.74 Å². The minimum atomic E-state index is -0.990. The van der Waals surface area contributed by atoms with E-state index < -0.39 is 17.7 Å². The van der Waals surface area contributed by atoms with Crippen LogP contribution in [0.1, 0.15) is 22.8 Å². The Kier molecular flexibility index (Phi) is 4.35. The lowest BCUT2D eigenvalue weighted by Crippen LogP contribution is -2.06. The van der Waals surface area contributed by atoms with E-state index >= 15 is 0 Å². The molecular formula is C16H16F2O2. The zero-order chi connectivity index (χ0) is 14.7. The summed E-state index contributed by atoms with van der Waals surface area (Å²) in [5.74, 6) is -0.665. The first kappa shape index (κ1) is 14.5. The predicted octanol–water partition coefficient (Wildman–Crippen LogP) is 3.56. The van der Waals surface area contributed by atoms with E-state index in [1.807, 2.05) is 6.92 Å². The van der Waals surface area contributed by atoms with Crippen molar-refractivity contribution in [2.75, 3.05) is 7.11 Å². The summed E-state index contributed by atoms with van der Waals surface area (Å²) >= 11 is 0. The molecular weight excluding hydrogens is 262 g/mol. The lowest BCUT2D eigenvalue weighted by atomic mass is 9.99. The smallest absolute Gasteiger partial charge is 0.129 e. The van der Waals surface area contributed by atoms with Crippen molar-refractivity contribution < 1.29 is 18.6 Å². The largest absolute Gasteiger partial charge is 0.496 e. The molecule has 1 N–H and O–H groups in total. The standard InChI is InChI=1S/C16H16F2O2/c1-10-6-7-11(8-16(10)20-2)15(19)9-12-13(17)4-3-5-14(12)18/h3-8,15,19H,9H2,1-2H3. The first-order chi connectivity index (χ1) is 9.52. The van der Waals surface area contributed by atoms with Gasteiger partial charge in [-0.25, -0.2) is 8.78 Å². The van der Waals surface area contributed by atoms with Crippen LogP contribution in [-0.4, -0.2) is 12.2 Å². The van der Waals surface area contributed by atoms with Gasteiger partial charge in [-0.2, -0.15) is 0 Å². The summed E-state index contributed by atoms with van der Waals surface area (Å²) < 4.78 is 32.3. The van der Waals surface area contributed by atoms with Gasteiger partial charge in [0, 0.05) is 12.0 Å². The Balaban J connectivity index is 2.26. The van der Waals surface area contributed by atoms with Gasteiger partial charge in [0.15, 0.2) is 0 Å². The third-order valence-electron chi connectivity index (χ3n) is 3.28. The van der Waals surface area contributed by atoms with E-state index in [1.165, 1.54) is 25.3 Å². The number of hydrogen-bond acceptors (Lipinski definition) is 2. The van der Waals surface area contributed by atoms with Gasteiger partial charge >= 0.3 is 0 Å². The number of halogens is 2. The van der Waals surface area contributed by atoms with Gasteiger partial charge < -0.3 is 9.84 Å². The fourth-order valence-electron chi connectivity index (χ4n) is 2.08. The summed E-state index contributed by atoms with van der Waals surface area (Å²) in [5.41, 5.74) is 1.38. The summed E-state index contributed by atoms with van der Waals surface area (Å²) in [7, 11) is 1.54. The second kappa shape index (κ2) is 6.01. The summed E-state index contributed by atoms with van der Waals surface area (Å²) in [6, 6.07) is 8.87. The fourth-order valence-corrected chi connectivity index (χ4v) is 2.08. The van der Waals surface area contributed by atoms with E-state index in [2.05, 4.69) is 0 Å². The molecule has 0 spiro atoms. The lowest BCUT2D eigenvalue weighted by Gasteiger charge is -2.14. The Labute approximate surface area is 116 Å². The van der Waals surface area contributed by atoms with Crippen molar-refractivity contribution in [2.24, 2.45) is 0 Å². The first-order valence-electron chi connectivity index (χ1n) is 6.28. The summed E-state index contributed by atoms with van der Waals surface area (Å²) in [6.07, 6.45) is -1.11. The van der Waals surface area contributed by atoms with E-state index in [9.17, 15) is 13.9 Å². The molecule has 0 saturated heterocycles. The van der Waals surface area contributed by atoms with Crippen molar-refractivity contribution in [3.8, 4) is 5.75 Å². The molecule has 0 radical (unpaired) electrons. The molecule has 0 aliphatic heterocycles. The first-order valence-corrected chi connectivity index (χ1v) is 6.28. The monoisotopic (exact) mass is 278 g/mol. The van der Waals surface area contributed by atoms with Crippen LogP contribution in [-0.2, 0) is 6.42 Å². The normalized spacial score (nSPS) is 12.2. The molecule has 0 aliphatic rings. The van der Waals surface area contributed by atoms with Crippen LogP contribution in [0.2, 0.25) is 0 Å². The number of hydrogen-bond donors (Lipinski definition) is 1. The summed E-state index contributed by atoms with van der Waals surface area (Å²) in [6.45, 7) is 1.88. The highest BCUT2D eigenvalue weighted by atomic mass is 19.1. The van der Waals surface area contributed by atoms with Crippen molar-refractivity contribution in [3.63, 3.8) is 0 Å². The third-order valence-corrected chi connectivity index (χ3v) is 3.28. The number of aliphatic hydroxyl groups excluding tert-OH is 1. The number of ether oxygens (including phenoxy) is 1. The van der Waals surface area contributed by atoms with Crippen molar-refractivity contribution in [2.45, 2.75) is 19.4 Å². The molecule has 2 nitrogen and oxygen atoms in total. The number of methoxy groups -OCH3 is 1. The van der Waals surface area contributed by atoms with Gasteiger partial charge in [-0.3, -0.25) is 0 Å². The van der Waals surface area contributed by atoms with Crippen molar-refractivity contribution in [1.29, 1.82) is 0 Å². The highest BCUT2D eigenvalue weighted by Crippen LogP contribution is 2.26. The fraction of sp³-hybridized carbons (Fsp3) is 0.250. The molecule has 0 heterocycles. The zero-order valence-corrected chi connectivity index (χ0v) is 11.4. The maximum atomic E-state index is 13.6. The van der Waals surface area contributed by atoms with Crippen LogP contribution in [0.5, 0.6) is 5.75 Å². The average molecular weight is 278 g/mol. The number of rotatable bonds is 4. The van der Waals surface area contributed by atoms with Crippen LogP contribution in [0.25, 0.3) is 0 Å². The van der Waals surface area contributed by atoms with Crippen LogP contribution in [0.15, 0.2) is 36.4 Å². The van der Waals surface area contributed by atoms with Gasteiger partial charge in [-0.15, -0.1) is 0 Å². The minimum absolute atomic E-state index is 0.112. The SMILES string of the molecule is COc1cc(C(O)Cc2c(F)cccc2F)ccc1C. The van der Waals surface area contributed by atoms with Crippen molar-refractivity contribution in [1.82, 2.24) is 0 Å². The Bertz CT molecular complexity index is 591. The summed E-state index contributed by atoms with van der Waals surface area (Å²) in [4.78, 5) is 0. The van der Waals surface area contributed by atoms with Crippen molar-refractivity contribution in [3.05, 3.63) is 64.7 Å². The van der Waals surface area contributed by atoms with E-state index in [-0.39, 0.29) is 12.0 Å². The summed E-state index contributed by atoms with van der Waals surface area (Å²) in [5, 5.41) is 10.1. The van der Waals surface area contributed by atoms with Gasteiger partial charge in [-0.1, -0.05) is 18.2 Å². The number of aryl methyl sites for hydroxylation is 1. The maximum Gasteiger partial charge on any atom is 0.129 e. The van der Waals surface area contributed by atoms with E-state index in [1.54, 1.807) is 18.2 Å². The third kappa shape index (κ3) is 2.96. The van der Waals surface area contributed by atoms with Crippen molar-refractivity contribution >= 4 is 0 Å². The Morgan fingerprint density at radius 1 is 1.15 bits per heavy atom. The molecule has 0 aliphatic carbocycles. The zero-order valence-electron chi connectivity index (χ0n) is 11.4. The lowest BCUT2D eigenvalue weighted by molar-refractivity contribution is 0.175. The topological polar surface area (TPSA) is 29.5 Å². The molecule has 0 fully saturated rings. The van der Waals surface area contributed by atoms with Crippen LogP contribution >= 0.6 is 0 Å². The highest BCUT2D eigenvalue weighted by molar-refractivity contribution is 5.38. The molecule has 0 aromatic heterocycles. The molecule has 2 aromatic carbocycles. The molecule has 4 heteroatoms. The molecule has 2 aromatic rings. The Hall–Kier alpha value is -1.94. The second-order valence-corrected chi connectivity index (χ2v) is 4.65. The van der Waals surface area contributed by atoms with Gasteiger partial charge in [0.1, 0.15) is 17.4 Å². The molecule has 0 saturated carbocycles. The molecule has 2 rings (SSSR count). The Morgan fingerprint density at radius 3 is 2.40 bits per heavy atom. The average Bonchev–Trinajstić information content (AvgIpc) is 2.43. The van der Waals surface area contributed by atoms with Gasteiger partial charge in [-0.05, 0) is 36.2 Å². The van der Waals surface area contributed by atoms with E-state index in [0.717, 1.165) is 5.56 Å². The Morgan fingerprint density at radius 2 is 1.80 bits per heavy atom. The van der Waals surface area contributed by atoms with Crippen LogP contribution in [0.3, 0.4) is 0 Å². The second-order valence-electron chi connectivity index (χ2n) is 4.65. The maximum absolute atomic E-state index is 13.6. The number of aliphatic hydroxyl groups is 1. The predicted molar refractivity (Wildman–Crippen MR) is 72.8 cm³/mol. The molecule has 0 bridgehead atoms. The highest BCUT2D eigenvalue weighted by Gasteiger charge is 2.16. The van der Waals surface area contributed by atoms with Crippen LogP contribution < -0.4 is 4.74 Å². The minimum Gasteiger partial charge on any atom is -0.496 e. The van der Waals surface area contributed by atoms with Crippen LogP contribution in [0.4, 0.5) is 8.78 Å². The van der Waals surface area contributed by atoms with Crippen LogP contribution in [0, 0.1) is 18.6 Å². The van der Waals surface area contributed by atoms with Gasteiger partial charge in [0.25, 0.3) is 0 Å². The van der Waals surface area contributed by atoms with Gasteiger partial charge in [0.05, 0.1) is 13.2 Å².